The molecule has 4 aromatic rings. The smallest absolute Gasteiger partial charge is 0.296 e. The summed E-state index contributed by atoms with van der Waals surface area (Å²) >= 11 is 12.4. The Hall–Kier alpha value is -3.70. The third-order valence-corrected chi connectivity index (χ3v) is 7.45. The topological polar surface area (TPSA) is 138 Å². The fourth-order valence-electron chi connectivity index (χ4n) is 3.82. The van der Waals surface area contributed by atoms with Gasteiger partial charge in [0.1, 0.15) is 22.0 Å². The second-order valence-electron chi connectivity index (χ2n) is 8.06. The lowest BCUT2D eigenvalue weighted by Gasteiger charge is -2.14. The van der Waals surface area contributed by atoms with Gasteiger partial charge in [-0.2, -0.15) is 13.5 Å². The quantitative estimate of drug-likeness (QED) is 0.156. The summed E-state index contributed by atoms with van der Waals surface area (Å²) in [6.45, 7) is 1.76. The van der Waals surface area contributed by atoms with Crippen molar-refractivity contribution in [2.45, 2.75) is 18.2 Å². The van der Waals surface area contributed by atoms with Crippen LogP contribution in [0.5, 0.6) is 11.5 Å². The van der Waals surface area contributed by atoms with Crippen molar-refractivity contribution in [3.05, 3.63) is 81.8 Å². The fraction of sp³-hybridized carbons (Fsp3) is 0.115. The number of nitrogens with zero attached hydrogens (tertiary/aromatic N) is 2. The molecule has 0 spiro atoms. The van der Waals surface area contributed by atoms with Crippen LogP contribution in [-0.2, 0) is 16.5 Å². The molecule has 0 radical (unpaired) electrons. The van der Waals surface area contributed by atoms with E-state index in [4.69, 9.17) is 27.9 Å². The van der Waals surface area contributed by atoms with E-state index in [1.165, 1.54) is 19.2 Å². The first kappa shape index (κ1) is 27.3. The van der Waals surface area contributed by atoms with E-state index in [9.17, 15) is 22.9 Å². The SMILES string of the molecule is CCc1cc(N=Nc2c(O)c(C(=O)Nc3c(Cl)cccc3OC)cc3ccccc23)cc(S(=O)(=O)O)c1Cl. The van der Waals surface area contributed by atoms with E-state index in [-0.39, 0.29) is 32.7 Å². The predicted molar refractivity (Wildman–Crippen MR) is 146 cm³/mol. The van der Waals surface area contributed by atoms with E-state index >= 15 is 0 Å². The van der Waals surface area contributed by atoms with Crippen LogP contribution in [0.25, 0.3) is 10.8 Å². The molecule has 0 saturated carbocycles. The number of rotatable bonds is 7. The molecule has 0 heterocycles. The van der Waals surface area contributed by atoms with Gasteiger partial charge in [-0.1, -0.05) is 60.5 Å². The van der Waals surface area contributed by atoms with E-state index in [1.807, 2.05) is 0 Å². The first-order chi connectivity index (χ1) is 18.0. The van der Waals surface area contributed by atoms with Gasteiger partial charge in [-0.3, -0.25) is 9.35 Å². The van der Waals surface area contributed by atoms with Gasteiger partial charge < -0.3 is 15.2 Å². The Labute approximate surface area is 228 Å². The average Bonchev–Trinajstić information content (AvgIpc) is 2.88. The number of hydrogen-bond acceptors (Lipinski definition) is 7. The van der Waals surface area contributed by atoms with E-state index in [2.05, 4.69) is 15.5 Å². The molecule has 0 aromatic heterocycles. The predicted octanol–water partition coefficient (Wildman–Crippen LogP) is 7.34. The first-order valence-electron chi connectivity index (χ1n) is 11.1. The standard InChI is InChI=1S/C26H21Cl2N3O6S/c1-3-14-11-16(13-21(22(14)28)38(34,35)36)30-31-23-17-8-5-4-7-15(17)12-18(25(23)32)26(33)29-24-19(27)9-6-10-20(24)37-2/h4-13,32H,3H2,1-2H3,(H,29,33)(H,34,35,36). The Bertz CT molecular complexity index is 1710. The summed E-state index contributed by atoms with van der Waals surface area (Å²) in [5.41, 5.74) is 0.581. The maximum absolute atomic E-state index is 13.2. The molecule has 0 aliphatic rings. The van der Waals surface area contributed by atoms with Crippen LogP contribution in [0.15, 0.2) is 75.8 Å². The Morgan fingerprint density at radius 1 is 1.05 bits per heavy atom. The number of halogens is 2. The zero-order valence-corrected chi connectivity index (χ0v) is 22.4. The summed E-state index contributed by atoms with van der Waals surface area (Å²) in [4.78, 5) is 12.7. The fourth-order valence-corrected chi connectivity index (χ4v) is 5.19. The number of aromatic hydroxyl groups is 1. The maximum Gasteiger partial charge on any atom is 0.296 e. The number of carbonyl (C=O) groups is 1. The lowest BCUT2D eigenvalue weighted by atomic mass is 10.0. The molecule has 0 aliphatic heterocycles. The molecule has 3 N–H and O–H groups in total. The van der Waals surface area contributed by atoms with E-state index in [1.54, 1.807) is 49.4 Å². The summed E-state index contributed by atoms with van der Waals surface area (Å²) in [7, 11) is -3.20. The lowest BCUT2D eigenvalue weighted by molar-refractivity contribution is 0.102. The summed E-state index contributed by atoms with van der Waals surface area (Å²) in [6.07, 6.45) is 0.361. The van der Waals surface area contributed by atoms with Gasteiger partial charge in [0, 0.05) is 5.39 Å². The molecule has 196 valence electrons. The van der Waals surface area contributed by atoms with Crippen LogP contribution >= 0.6 is 23.2 Å². The van der Waals surface area contributed by atoms with Crippen molar-refractivity contribution in [3.8, 4) is 11.5 Å². The molecule has 0 atom stereocenters. The number of aryl methyl sites for hydroxylation is 1. The normalized spacial score (nSPS) is 11.7. The number of azo groups is 1. The number of carbonyl (C=O) groups excluding carboxylic acids is 1. The summed E-state index contributed by atoms with van der Waals surface area (Å²) in [5, 5.41) is 23.2. The lowest BCUT2D eigenvalue weighted by Crippen LogP contribution is -2.13. The van der Waals surface area contributed by atoms with Crippen molar-refractivity contribution < 1.29 is 27.6 Å². The van der Waals surface area contributed by atoms with Crippen LogP contribution in [0.3, 0.4) is 0 Å². The largest absolute Gasteiger partial charge is 0.505 e. The number of para-hydroxylation sites is 1. The van der Waals surface area contributed by atoms with Crippen molar-refractivity contribution in [2.75, 3.05) is 12.4 Å². The molecular weight excluding hydrogens is 553 g/mol. The number of phenolic OH excluding ortho intramolecular Hbond substituents is 1. The van der Waals surface area contributed by atoms with Crippen molar-refractivity contribution in [2.24, 2.45) is 10.2 Å². The van der Waals surface area contributed by atoms with Gasteiger partial charge in [-0.05, 0) is 47.7 Å². The number of ether oxygens (including phenoxy) is 1. The number of fused-ring (bicyclic) bond motifs is 1. The second kappa shape index (κ2) is 11.0. The van der Waals surface area contributed by atoms with Gasteiger partial charge in [0.15, 0.2) is 5.75 Å². The van der Waals surface area contributed by atoms with Gasteiger partial charge in [-0.15, -0.1) is 5.11 Å². The van der Waals surface area contributed by atoms with Gasteiger partial charge >= 0.3 is 0 Å². The minimum absolute atomic E-state index is 0.0271. The molecule has 12 heteroatoms. The second-order valence-corrected chi connectivity index (χ2v) is 10.2. The molecule has 0 aliphatic carbocycles. The highest BCUT2D eigenvalue weighted by molar-refractivity contribution is 7.86. The number of hydrogen-bond donors (Lipinski definition) is 3. The van der Waals surface area contributed by atoms with E-state index in [0.29, 0.717) is 28.5 Å². The molecule has 4 rings (SSSR count). The molecule has 9 nitrogen and oxygen atoms in total. The Balaban J connectivity index is 1.83. The summed E-state index contributed by atoms with van der Waals surface area (Å²) in [6, 6.07) is 15.8. The molecule has 0 saturated heterocycles. The van der Waals surface area contributed by atoms with Crippen LogP contribution in [-0.4, -0.2) is 31.1 Å². The maximum atomic E-state index is 13.2. The van der Waals surface area contributed by atoms with Gasteiger partial charge in [-0.25, -0.2) is 0 Å². The molecule has 0 unspecified atom stereocenters. The van der Waals surface area contributed by atoms with Crippen LogP contribution in [0.4, 0.5) is 17.1 Å². The Morgan fingerprint density at radius 2 is 1.79 bits per heavy atom. The number of benzene rings is 4. The highest BCUT2D eigenvalue weighted by atomic mass is 35.5. The van der Waals surface area contributed by atoms with Gasteiger partial charge in [0.2, 0.25) is 0 Å². The van der Waals surface area contributed by atoms with Crippen LogP contribution in [0.2, 0.25) is 10.0 Å². The number of phenols is 1. The first-order valence-corrected chi connectivity index (χ1v) is 13.3. The number of amides is 1. The van der Waals surface area contributed by atoms with E-state index < -0.39 is 26.7 Å². The molecule has 4 aromatic carbocycles. The third kappa shape index (κ3) is 5.44. The molecule has 0 fully saturated rings. The third-order valence-electron chi connectivity index (χ3n) is 5.70. The molecule has 0 bridgehead atoms. The molecule has 38 heavy (non-hydrogen) atoms. The number of nitrogens with one attached hydrogen (secondary N) is 1. The highest BCUT2D eigenvalue weighted by Crippen LogP contribution is 2.41. The molecule has 1 amide bonds. The summed E-state index contributed by atoms with van der Waals surface area (Å²) < 4.78 is 38.5. The van der Waals surface area contributed by atoms with Crippen molar-refractivity contribution >= 4 is 67.1 Å². The van der Waals surface area contributed by atoms with Crippen LogP contribution in [0.1, 0.15) is 22.8 Å². The Kier molecular flexibility index (Phi) is 7.89. The zero-order chi connectivity index (χ0) is 27.6. The molecular formula is C26H21Cl2N3O6S. The van der Waals surface area contributed by atoms with Crippen molar-refractivity contribution in [1.29, 1.82) is 0 Å². The van der Waals surface area contributed by atoms with E-state index in [0.717, 1.165) is 6.07 Å². The monoisotopic (exact) mass is 573 g/mol. The van der Waals surface area contributed by atoms with Crippen LogP contribution in [0, 0.1) is 0 Å². The minimum Gasteiger partial charge on any atom is -0.505 e. The highest BCUT2D eigenvalue weighted by Gasteiger charge is 2.22. The summed E-state index contributed by atoms with van der Waals surface area (Å²) in [5.74, 6) is -0.810. The Morgan fingerprint density at radius 3 is 2.47 bits per heavy atom. The number of anilines is 1. The van der Waals surface area contributed by atoms with Gasteiger partial charge in [0.25, 0.3) is 16.0 Å². The average molecular weight is 574 g/mol. The van der Waals surface area contributed by atoms with Crippen molar-refractivity contribution in [3.63, 3.8) is 0 Å². The number of methoxy groups -OCH3 is 1. The zero-order valence-electron chi connectivity index (χ0n) is 20.1. The van der Waals surface area contributed by atoms with Crippen molar-refractivity contribution in [1.82, 2.24) is 0 Å². The van der Waals surface area contributed by atoms with Crippen LogP contribution < -0.4 is 10.1 Å². The minimum atomic E-state index is -4.63. The van der Waals surface area contributed by atoms with Gasteiger partial charge in [0.05, 0.1) is 28.4 Å².